The normalized spacial score (nSPS) is 36.4. The molecule has 2 aliphatic rings. The average molecular weight is 202 g/mol. The van der Waals surface area contributed by atoms with Crippen molar-refractivity contribution in [2.24, 2.45) is 17.8 Å². The molecule has 2 rings (SSSR count). The Bertz CT molecular complexity index is 354. The fraction of sp³-hybridized carbons (Fsp3) is 0.600. The Morgan fingerprint density at radius 2 is 2.00 bits per heavy atom. The first-order chi connectivity index (χ1) is 7.06. The maximum atomic E-state index is 4.07. The van der Waals surface area contributed by atoms with Crippen molar-refractivity contribution < 1.29 is 0 Å². The lowest BCUT2D eigenvalue weighted by Crippen LogP contribution is -2.02. The molecule has 0 spiro atoms. The second-order valence-corrected chi connectivity index (χ2v) is 5.28. The summed E-state index contributed by atoms with van der Waals surface area (Å²) in [5.74, 6) is 2.42. The van der Waals surface area contributed by atoms with Gasteiger partial charge in [0, 0.05) is 0 Å². The number of hydrogen-bond acceptors (Lipinski definition) is 0. The highest BCUT2D eigenvalue weighted by atomic mass is 14.5. The molecule has 15 heavy (non-hydrogen) atoms. The van der Waals surface area contributed by atoms with Gasteiger partial charge in [-0.3, -0.25) is 0 Å². The summed E-state index contributed by atoms with van der Waals surface area (Å²) in [5, 5.41) is 0. The smallest absolute Gasteiger partial charge is 0.00966 e. The van der Waals surface area contributed by atoms with E-state index >= 15 is 0 Å². The molecule has 2 fully saturated rings. The molecule has 0 aromatic heterocycles. The zero-order valence-corrected chi connectivity index (χ0v) is 10.4. The third-order valence-corrected chi connectivity index (χ3v) is 4.00. The van der Waals surface area contributed by atoms with Crippen LogP contribution in [0.4, 0.5) is 0 Å². The Morgan fingerprint density at radius 1 is 1.40 bits per heavy atom. The van der Waals surface area contributed by atoms with Crippen molar-refractivity contribution in [3.63, 3.8) is 0 Å². The summed E-state index contributed by atoms with van der Waals surface area (Å²) >= 11 is 0. The second kappa shape index (κ2) is 3.66. The fourth-order valence-corrected chi connectivity index (χ4v) is 2.86. The van der Waals surface area contributed by atoms with E-state index in [4.69, 9.17) is 0 Å². The van der Waals surface area contributed by atoms with Crippen LogP contribution in [-0.4, -0.2) is 0 Å². The molecule has 0 heteroatoms. The molecule has 0 nitrogen and oxygen atoms in total. The monoisotopic (exact) mass is 202 g/mol. The summed E-state index contributed by atoms with van der Waals surface area (Å²) in [7, 11) is 0. The van der Waals surface area contributed by atoms with Crippen LogP contribution in [0.2, 0.25) is 0 Å². The third-order valence-electron chi connectivity index (χ3n) is 4.00. The minimum atomic E-state index is 0.683. The van der Waals surface area contributed by atoms with Crippen molar-refractivity contribution >= 4 is 0 Å². The molecule has 0 N–H and O–H groups in total. The molecule has 3 atom stereocenters. The van der Waals surface area contributed by atoms with E-state index in [0.717, 1.165) is 11.8 Å². The lowest BCUT2D eigenvalue weighted by Gasteiger charge is -2.14. The zero-order valence-electron chi connectivity index (χ0n) is 10.4. The van der Waals surface area contributed by atoms with Gasteiger partial charge in [-0.1, -0.05) is 43.2 Å². The SMILES string of the molecule is C=C(C)C(=CC)C(C)C1CC1=C1CC1C. The van der Waals surface area contributed by atoms with Crippen LogP contribution >= 0.6 is 0 Å². The summed E-state index contributed by atoms with van der Waals surface area (Å²) in [6.45, 7) is 13.0. The maximum Gasteiger partial charge on any atom is -0.00966 e. The van der Waals surface area contributed by atoms with E-state index in [0.29, 0.717) is 5.92 Å². The van der Waals surface area contributed by atoms with E-state index < -0.39 is 0 Å². The lowest BCUT2D eigenvalue weighted by molar-refractivity contribution is 0.614. The van der Waals surface area contributed by atoms with Crippen LogP contribution in [-0.2, 0) is 0 Å². The highest BCUT2D eigenvalue weighted by molar-refractivity contribution is 5.43. The van der Waals surface area contributed by atoms with Crippen molar-refractivity contribution in [1.29, 1.82) is 0 Å². The molecule has 0 saturated heterocycles. The molecule has 2 saturated carbocycles. The number of hydrogen-bond donors (Lipinski definition) is 0. The van der Waals surface area contributed by atoms with Gasteiger partial charge in [0.05, 0.1) is 0 Å². The van der Waals surface area contributed by atoms with Gasteiger partial charge in [-0.25, -0.2) is 0 Å². The van der Waals surface area contributed by atoms with Crippen LogP contribution in [0.1, 0.15) is 40.5 Å². The van der Waals surface area contributed by atoms with Crippen molar-refractivity contribution in [1.82, 2.24) is 0 Å². The minimum absolute atomic E-state index is 0.683. The van der Waals surface area contributed by atoms with E-state index in [1.54, 1.807) is 11.1 Å². The highest BCUT2D eigenvalue weighted by Gasteiger charge is 2.43. The van der Waals surface area contributed by atoms with Gasteiger partial charge >= 0.3 is 0 Å². The first kappa shape index (κ1) is 10.7. The standard InChI is InChI=1S/C15H22/c1-6-12(9(2)3)11(5)14-8-15(14)13-7-10(13)4/h6,10-11,14H,2,7-8H2,1,3-5H3. The molecule has 0 bridgehead atoms. The predicted octanol–water partition coefficient (Wildman–Crippen LogP) is 4.50. The van der Waals surface area contributed by atoms with Crippen molar-refractivity contribution in [3.05, 3.63) is 34.9 Å². The van der Waals surface area contributed by atoms with Gasteiger partial charge in [0.2, 0.25) is 0 Å². The zero-order chi connectivity index (χ0) is 11.2. The van der Waals surface area contributed by atoms with E-state index in [2.05, 4.69) is 40.3 Å². The fourth-order valence-electron chi connectivity index (χ4n) is 2.86. The lowest BCUT2D eigenvalue weighted by atomic mass is 9.91. The number of rotatable bonds is 3. The van der Waals surface area contributed by atoms with Gasteiger partial charge in [-0.2, -0.15) is 0 Å². The molecule has 0 aromatic rings. The van der Waals surface area contributed by atoms with E-state index in [9.17, 15) is 0 Å². The number of allylic oxidation sites excluding steroid dienone is 5. The van der Waals surface area contributed by atoms with Crippen molar-refractivity contribution in [2.75, 3.05) is 0 Å². The Balaban J connectivity index is 2.06. The average Bonchev–Trinajstić information content (AvgIpc) is 2.99. The Kier molecular flexibility index (Phi) is 2.62. The van der Waals surface area contributed by atoms with Gasteiger partial charge in [0.1, 0.15) is 0 Å². The van der Waals surface area contributed by atoms with E-state index in [-0.39, 0.29) is 0 Å². The van der Waals surface area contributed by atoms with Crippen molar-refractivity contribution in [2.45, 2.75) is 40.5 Å². The Hall–Kier alpha value is -0.780. The predicted molar refractivity (Wildman–Crippen MR) is 66.6 cm³/mol. The quantitative estimate of drug-likeness (QED) is 0.467. The summed E-state index contributed by atoms with van der Waals surface area (Å²) in [6.07, 6.45) is 4.96. The van der Waals surface area contributed by atoms with Crippen LogP contribution in [0.3, 0.4) is 0 Å². The van der Waals surface area contributed by atoms with Crippen LogP contribution in [0, 0.1) is 17.8 Å². The van der Waals surface area contributed by atoms with Crippen LogP contribution in [0.5, 0.6) is 0 Å². The molecule has 0 heterocycles. The molecule has 2 aliphatic carbocycles. The first-order valence-corrected chi connectivity index (χ1v) is 6.10. The summed E-state index contributed by atoms with van der Waals surface area (Å²) in [6, 6.07) is 0. The van der Waals surface area contributed by atoms with Crippen LogP contribution < -0.4 is 0 Å². The topological polar surface area (TPSA) is 0 Å². The van der Waals surface area contributed by atoms with Gasteiger partial charge in [0.15, 0.2) is 0 Å². The largest absolute Gasteiger partial charge is 0.0958 e. The summed E-state index contributed by atoms with van der Waals surface area (Å²) in [5.41, 5.74) is 6.24. The van der Waals surface area contributed by atoms with Crippen LogP contribution in [0.15, 0.2) is 34.9 Å². The Morgan fingerprint density at radius 3 is 2.40 bits per heavy atom. The van der Waals surface area contributed by atoms with Gasteiger partial charge in [-0.05, 0) is 50.0 Å². The molecule has 82 valence electrons. The van der Waals surface area contributed by atoms with E-state index in [1.165, 1.54) is 24.0 Å². The van der Waals surface area contributed by atoms with Crippen molar-refractivity contribution in [3.8, 4) is 0 Å². The third kappa shape index (κ3) is 1.95. The van der Waals surface area contributed by atoms with Crippen LogP contribution in [0.25, 0.3) is 0 Å². The molecular formula is C15H22. The summed E-state index contributed by atoms with van der Waals surface area (Å²) < 4.78 is 0. The highest BCUT2D eigenvalue weighted by Crippen LogP contribution is 2.56. The molecule has 0 aliphatic heterocycles. The van der Waals surface area contributed by atoms with E-state index in [1.807, 2.05) is 0 Å². The minimum Gasteiger partial charge on any atom is -0.0958 e. The maximum absolute atomic E-state index is 4.07. The molecule has 0 radical (unpaired) electrons. The summed E-state index contributed by atoms with van der Waals surface area (Å²) in [4.78, 5) is 0. The molecule has 3 unspecified atom stereocenters. The van der Waals surface area contributed by atoms with Gasteiger partial charge in [0.25, 0.3) is 0 Å². The van der Waals surface area contributed by atoms with Gasteiger partial charge < -0.3 is 0 Å². The second-order valence-electron chi connectivity index (χ2n) is 5.28. The molecule has 0 amide bonds. The first-order valence-electron chi connectivity index (χ1n) is 6.10. The molecule has 0 aromatic carbocycles. The Labute approximate surface area is 93.8 Å². The molecular weight excluding hydrogens is 180 g/mol. The van der Waals surface area contributed by atoms with Gasteiger partial charge in [-0.15, -0.1) is 0 Å².